The third-order valence-corrected chi connectivity index (χ3v) is 7.36. The van der Waals surface area contributed by atoms with Gasteiger partial charge >= 0.3 is 0 Å². The van der Waals surface area contributed by atoms with Gasteiger partial charge in [-0.25, -0.2) is 4.98 Å². The lowest BCUT2D eigenvalue weighted by Gasteiger charge is -2.11. The van der Waals surface area contributed by atoms with Crippen LogP contribution in [-0.4, -0.2) is 29.1 Å². The number of nitrogens with zero attached hydrogens (tertiary/aromatic N) is 2. The summed E-state index contributed by atoms with van der Waals surface area (Å²) in [5.41, 5.74) is 6.07. The molecule has 0 radical (unpaired) electrons. The number of carbonyl (C=O) groups excluding carboxylic acids is 1. The van der Waals surface area contributed by atoms with Crippen LogP contribution >= 0.6 is 11.3 Å². The lowest BCUT2D eigenvalue weighted by Crippen LogP contribution is -2.24. The summed E-state index contributed by atoms with van der Waals surface area (Å²) in [5.74, 6) is 0.824. The Labute approximate surface area is 218 Å². The predicted octanol–water partition coefficient (Wildman–Crippen LogP) is 7.15. The van der Waals surface area contributed by atoms with E-state index in [1.807, 2.05) is 37.3 Å². The highest BCUT2D eigenvalue weighted by atomic mass is 32.1. The Morgan fingerprint density at radius 3 is 2.56 bits per heavy atom. The van der Waals surface area contributed by atoms with Crippen molar-refractivity contribution in [3.05, 3.63) is 82.9 Å². The first-order valence-corrected chi connectivity index (χ1v) is 13.6. The Hall–Kier alpha value is -3.38. The van der Waals surface area contributed by atoms with E-state index in [1.54, 1.807) is 18.4 Å². The van der Waals surface area contributed by atoms with Crippen molar-refractivity contribution in [2.24, 2.45) is 0 Å². The molecule has 36 heavy (non-hydrogen) atoms. The molecule has 2 heterocycles. The number of thiazole rings is 1. The van der Waals surface area contributed by atoms with E-state index in [9.17, 15) is 4.79 Å². The van der Waals surface area contributed by atoms with Crippen LogP contribution in [0.25, 0.3) is 22.0 Å². The maximum Gasteiger partial charge on any atom is 0.253 e. The molecular weight excluding hydrogens is 466 g/mol. The Morgan fingerprint density at radius 2 is 1.83 bits per heavy atom. The van der Waals surface area contributed by atoms with Gasteiger partial charge in [-0.05, 0) is 68.5 Å². The highest BCUT2D eigenvalue weighted by Crippen LogP contribution is 2.32. The number of hydrogen-bond donors (Lipinski definition) is 1. The molecule has 0 atom stereocenters. The van der Waals surface area contributed by atoms with Gasteiger partial charge in [-0.1, -0.05) is 43.7 Å². The average Bonchev–Trinajstić information content (AvgIpc) is 3.52. The Balaban J connectivity index is 1.57. The van der Waals surface area contributed by atoms with Crippen molar-refractivity contribution in [2.75, 3.05) is 13.7 Å². The molecule has 0 aliphatic rings. The monoisotopic (exact) mass is 501 g/mol. The van der Waals surface area contributed by atoms with Gasteiger partial charge in [0.1, 0.15) is 10.8 Å². The van der Waals surface area contributed by atoms with Gasteiger partial charge in [-0.2, -0.15) is 0 Å². The zero-order chi connectivity index (χ0) is 25.3. The van der Waals surface area contributed by atoms with Gasteiger partial charge < -0.3 is 14.6 Å². The molecule has 0 saturated carbocycles. The van der Waals surface area contributed by atoms with Crippen LogP contribution < -0.4 is 10.1 Å². The van der Waals surface area contributed by atoms with Crippen molar-refractivity contribution >= 4 is 17.2 Å². The molecule has 0 aliphatic carbocycles. The van der Waals surface area contributed by atoms with Gasteiger partial charge in [0.05, 0.1) is 24.1 Å². The summed E-state index contributed by atoms with van der Waals surface area (Å²) >= 11 is 1.62. The van der Waals surface area contributed by atoms with E-state index in [4.69, 9.17) is 9.72 Å². The maximum absolute atomic E-state index is 13.0. The third kappa shape index (κ3) is 6.24. The van der Waals surface area contributed by atoms with E-state index in [0.29, 0.717) is 6.54 Å². The fraction of sp³-hybridized carbons (Fsp3) is 0.333. The molecule has 4 rings (SSSR count). The van der Waals surface area contributed by atoms with Gasteiger partial charge in [0.2, 0.25) is 0 Å². The van der Waals surface area contributed by atoms with E-state index in [0.717, 1.165) is 77.6 Å². The number of aromatic nitrogens is 2. The largest absolute Gasteiger partial charge is 0.497 e. The van der Waals surface area contributed by atoms with Crippen molar-refractivity contribution < 1.29 is 9.53 Å². The smallest absolute Gasteiger partial charge is 0.253 e. The fourth-order valence-electron chi connectivity index (χ4n) is 4.35. The van der Waals surface area contributed by atoms with E-state index >= 15 is 0 Å². The number of ether oxygens (including phenoxy) is 1. The Kier molecular flexibility index (Phi) is 8.95. The van der Waals surface area contributed by atoms with Crippen LogP contribution in [0.3, 0.4) is 0 Å². The number of hydrogen-bond acceptors (Lipinski definition) is 4. The summed E-state index contributed by atoms with van der Waals surface area (Å²) in [5, 5.41) is 6.13. The van der Waals surface area contributed by atoms with Crippen molar-refractivity contribution in [1.82, 2.24) is 14.9 Å². The average molecular weight is 502 g/mol. The third-order valence-electron chi connectivity index (χ3n) is 6.47. The topological polar surface area (TPSA) is 56.1 Å². The van der Waals surface area contributed by atoms with Crippen molar-refractivity contribution in [2.45, 2.75) is 52.5 Å². The molecule has 0 bridgehead atoms. The zero-order valence-electron chi connectivity index (χ0n) is 21.4. The summed E-state index contributed by atoms with van der Waals surface area (Å²) in [4.78, 5) is 17.9. The van der Waals surface area contributed by atoms with Crippen LogP contribution in [0.1, 0.15) is 54.2 Å². The molecule has 1 amide bonds. The summed E-state index contributed by atoms with van der Waals surface area (Å²) in [6.45, 7) is 5.73. The first-order chi connectivity index (χ1) is 17.6. The minimum Gasteiger partial charge on any atom is -0.497 e. The second-order valence-corrected chi connectivity index (χ2v) is 9.86. The van der Waals surface area contributed by atoms with Crippen molar-refractivity contribution in [1.29, 1.82) is 0 Å². The quantitative estimate of drug-likeness (QED) is 0.210. The van der Waals surface area contributed by atoms with E-state index in [1.165, 1.54) is 5.56 Å². The fourth-order valence-corrected chi connectivity index (χ4v) is 5.17. The number of nitrogens with one attached hydrogen (secondary N) is 1. The van der Waals surface area contributed by atoms with Crippen LogP contribution in [0.4, 0.5) is 0 Å². The van der Waals surface area contributed by atoms with Crippen LogP contribution in [0, 0.1) is 6.92 Å². The van der Waals surface area contributed by atoms with Gasteiger partial charge in [-0.3, -0.25) is 4.79 Å². The molecule has 2 aromatic carbocycles. The summed E-state index contributed by atoms with van der Waals surface area (Å²) < 4.78 is 7.56. The molecule has 0 aliphatic heterocycles. The standard InChI is InChI=1S/C30H35N3O2S/c1-4-5-18-31-29(34)26-20-28(27-21-36-30(32-27)24-14-16-25(35-3)17-15-24)33(22(26)2)19-10-9-13-23-11-7-6-8-12-23/h6-8,11-12,14-17,20-21H,4-5,9-10,13,18-19H2,1-3H3,(H,31,34). The van der Waals surface area contributed by atoms with E-state index in [-0.39, 0.29) is 5.91 Å². The second-order valence-electron chi connectivity index (χ2n) is 9.00. The summed E-state index contributed by atoms with van der Waals surface area (Å²) in [6, 6.07) is 20.6. The zero-order valence-corrected chi connectivity index (χ0v) is 22.2. The highest BCUT2D eigenvalue weighted by molar-refractivity contribution is 7.13. The minimum atomic E-state index is -0.00385. The molecule has 0 unspecified atom stereocenters. The lowest BCUT2D eigenvalue weighted by atomic mass is 10.1. The molecule has 0 fully saturated rings. The SMILES string of the molecule is CCCCNC(=O)c1cc(-c2csc(-c3ccc(OC)cc3)n2)n(CCCCc2ccccc2)c1C. The molecule has 0 spiro atoms. The second kappa shape index (κ2) is 12.5. The number of rotatable bonds is 12. The first-order valence-electron chi connectivity index (χ1n) is 12.7. The van der Waals surface area contributed by atoms with Gasteiger partial charge in [0, 0.05) is 29.7 Å². The normalized spacial score (nSPS) is 11.0. The van der Waals surface area contributed by atoms with E-state index < -0.39 is 0 Å². The Morgan fingerprint density at radius 1 is 1.06 bits per heavy atom. The minimum absolute atomic E-state index is 0.00385. The van der Waals surface area contributed by atoms with Crippen LogP contribution in [0.2, 0.25) is 0 Å². The van der Waals surface area contributed by atoms with Gasteiger partial charge in [0.15, 0.2) is 0 Å². The molecule has 4 aromatic rings. The van der Waals surface area contributed by atoms with Crippen LogP contribution in [0.5, 0.6) is 5.75 Å². The van der Waals surface area contributed by atoms with E-state index in [2.05, 4.69) is 52.5 Å². The number of amides is 1. The molecule has 5 nitrogen and oxygen atoms in total. The molecule has 188 valence electrons. The highest BCUT2D eigenvalue weighted by Gasteiger charge is 2.20. The summed E-state index contributed by atoms with van der Waals surface area (Å²) in [7, 11) is 1.67. The number of carbonyl (C=O) groups is 1. The predicted molar refractivity (Wildman–Crippen MR) is 149 cm³/mol. The van der Waals surface area contributed by atoms with Crippen LogP contribution in [-0.2, 0) is 13.0 Å². The molecular formula is C30H35N3O2S. The first kappa shape index (κ1) is 25.7. The maximum atomic E-state index is 13.0. The van der Waals surface area contributed by atoms with Gasteiger partial charge in [-0.15, -0.1) is 11.3 Å². The summed E-state index contributed by atoms with van der Waals surface area (Å²) in [6.07, 6.45) is 5.21. The lowest BCUT2D eigenvalue weighted by molar-refractivity contribution is 0.0952. The molecule has 1 N–H and O–H groups in total. The number of aryl methyl sites for hydroxylation is 1. The van der Waals surface area contributed by atoms with Gasteiger partial charge in [0.25, 0.3) is 5.91 Å². The van der Waals surface area contributed by atoms with Crippen LogP contribution in [0.15, 0.2) is 66.0 Å². The number of methoxy groups -OCH3 is 1. The number of unbranched alkanes of at least 4 members (excludes halogenated alkanes) is 2. The number of benzene rings is 2. The molecule has 2 aromatic heterocycles. The molecule has 0 saturated heterocycles. The van der Waals surface area contributed by atoms with Crippen molar-refractivity contribution in [3.8, 4) is 27.7 Å². The molecule has 6 heteroatoms. The van der Waals surface area contributed by atoms with Crippen molar-refractivity contribution in [3.63, 3.8) is 0 Å². The Bertz CT molecular complexity index is 1260.